The molecule has 0 unspecified atom stereocenters. The Hall–Kier alpha value is -1.04. The molecule has 112 valence electrons. The van der Waals surface area contributed by atoms with Gasteiger partial charge in [0, 0.05) is 38.3 Å². The van der Waals surface area contributed by atoms with E-state index in [0.29, 0.717) is 6.42 Å². The summed E-state index contributed by atoms with van der Waals surface area (Å²) in [5.41, 5.74) is 0.773. The summed E-state index contributed by atoms with van der Waals surface area (Å²) in [4.78, 5) is 2.34. The van der Waals surface area contributed by atoms with Gasteiger partial charge in [0.2, 0.25) is 5.82 Å². The molecule has 0 amide bonds. The van der Waals surface area contributed by atoms with Gasteiger partial charge in [-0.05, 0) is 12.5 Å². The van der Waals surface area contributed by atoms with Crippen LogP contribution in [0, 0.1) is 5.82 Å². The highest BCUT2D eigenvalue weighted by atomic mass is 35.5. The van der Waals surface area contributed by atoms with Crippen LogP contribution in [0.5, 0.6) is 11.5 Å². The van der Waals surface area contributed by atoms with Gasteiger partial charge in [-0.15, -0.1) is 0 Å². The van der Waals surface area contributed by atoms with E-state index in [9.17, 15) is 4.39 Å². The van der Waals surface area contributed by atoms with Crippen LogP contribution in [0.3, 0.4) is 0 Å². The van der Waals surface area contributed by atoms with Crippen LogP contribution in [-0.2, 0) is 6.42 Å². The highest BCUT2D eigenvalue weighted by Crippen LogP contribution is 2.37. The van der Waals surface area contributed by atoms with Crippen molar-refractivity contribution in [2.24, 2.45) is 0 Å². The van der Waals surface area contributed by atoms with Crippen molar-refractivity contribution in [3.8, 4) is 11.5 Å². The molecular formula is C14H20ClFN2O2. The van der Waals surface area contributed by atoms with E-state index in [0.717, 1.165) is 38.3 Å². The highest BCUT2D eigenvalue weighted by Gasteiger charge is 2.19. The second-order valence-corrected chi connectivity index (χ2v) is 5.15. The zero-order chi connectivity index (χ0) is 14.5. The molecule has 0 radical (unpaired) electrons. The Bertz CT molecular complexity index is 465. The first-order valence-corrected chi connectivity index (χ1v) is 7.07. The summed E-state index contributed by atoms with van der Waals surface area (Å²) in [6.07, 6.45) is 0.698. The van der Waals surface area contributed by atoms with Gasteiger partial charge < -0.3 is 19.7 Å². The molecule has 1 saturated heterocycles. The number of hydrogen-bond donors (Lipinski definition) is 1. The Morgan fingerprint density at radius 1 is 1.25 bits per heavy atom. The van der Waals surface area contributed by atoms with Crippen LogP contribution >= 0.6 is 11.6 Å². The Morgan fingerprint density at radius 2 is 1.90 bits per heavy atom. The maximum Gasteiger partial charge on any atom is 0.208 e. The zero-order valence-corrected chi connectivity index (χ0v) is 12.6. The number of methoxy groups -OCH3 is 2. The lowest BCUT2D eigenvalue weighted by Gasteiger charge is -2.27. The minimum atomic E-state index is -0.530. The Labute approximate surface area is 123 Å². The van der Waals surface area contributed by atoms with E-state index >= 15 is 0 Å². The van der Waals surface area contributed by atoms with E-state index in [4.69, 9.17) is 21.1 Å². The van der Waals surface area contributed by atoms with E-state index in [1.165, 1.54) is 14.2 Å². The highest BCUT2D eigenvalue weighted by molar-refractivity contribution is 6.32. The van der Waals surface area contributed by atoms with Crippen LogP contribution in [0.1, 0.15) is 5.56 Å². The SMILES string of the molecule is COc1c(Cl)cc(CCN2CCNCC2)c(OC)c1F. The van der Waals surface area contributed by atoms with Crippen molar-refractivity contribution in [2.45, 2.75) is 6.42 Å². The van der Waals surface area contributed by atoms with E-state index in [1.807, 2.05) is 0 Å². The second-order valence-electron chi connectivity index (χ2n) is 4.74. The number of nitrogens with zero attached hydrogens (tertiary/aromatic N) is 1. The predicted octanol–water partition coefficient (Wildman–Crippen LogP) is 1.94. The van der Waals surface area contributed by atoms with Gasteiger partial charge in [0.05, 0.1) is 19.2 Å². The smallest absolute Gasteiger partial charge is 0.208 e. The van der Waals surface area contributed by atoms with Crippen molar-refractivity contribution < 1.29 is 13.9 Å². The van der Waals surface area contributed by atoms with Crippen molar-refractivity contribution in [2.75, 3.05) is 46.9 Å². The lowest BCUT2D eigenvalue weighted by molar-refractivity contribution is 0.242. The summed E-state index contributed by atoms with van der Waals surface area (Å²) in [5.74, 6) is -0.270. The summed E-state index contributed by atoms with van der Waals surface area (Å²) >= 11 is 6.04. The first kappa shape index (κ1) is 15.4. The number of benzene rings is 1. The third kappa shape index (κ3) is 3.34. The summed E-state index contributed by atoms with van der Waals surface area (Å²) in [5, 5.41) is 3.58. The fraction of sp³-hybridized carbons (Fsp3) is 0.571. The number of nitrogens with one attached hydrogen (secondary N) is 1. The van der Waals surface area contributed by atoms with E-state index in [2.05, 4.69) is 10.2 Å². The molecule has 1 aliphatic rings. The van der Waals surface area contributed by atoms with Gasteiger partial charge in [-0.2, -0.15) is 4.39 Å². The molecular weight excluding hydrogens is 283 g/mol. The minimum absolute atomic E-state index is 0.0365. The van der Waals surface area contributed by atoms with Gasteiger partial charge in [0.25, 0.3) is 0 Å². The summed E-state index contributed by atoms with van der Waals surface area (Å²) in [6, 6.07) is 1.73. The fourth-order valence-corrected chi connectivity index (χ4v) is 2.73. The largest absolute Gasteiger partial charge is 0.493 e. The molecule has 1 aliphatic heterocycles. The fourth-order valence-electron chi connectivity index (χ4n) is 2.44. The molecule has 0 spiro atoms. The summed E-state index contributed by atoms with van der Waals surface area (Å²) < 4.78 is 24.3. The third-order valence-electron chi connectivity index (χ3n) is 3.52. The number of rotatable bonds is 5. The molecule has 0 aliphatic carbocycles. The van der Waals surface area contributed by atoms with Crippen LogP contribution < -0.4 is 14.8 Å². The molecule has 20 heavy (non-hydrogen) atoms. The Balaban J connectivity index is 2.14. The van der Waals surface area contributed by atoms with Crippen LogP contribution in [0.4, 0.5) is 4.39 Å². The van der Waals surface area contributed by atoms with Crippen LogP contribution in [0.15, 0.2) is 6.07 Å². The third-order valence-corrected chi connectivity index (χ3v) is 3.80. The molecule has 6 heteroatoms. The van der Waals surface area contributed by atoms with Crippen molar-refractivity contribution in [1.82, 2.24) is 10.2 Å². The van der Waals surface area contributed by atoms with Crippen molar-refractivity contribution in [1.29, 1.82) is 0 Å². The predicted molar refractivity (Wildman–Crippen MR) is 77.5 cm³/mol. The quantitative estimate of drug-likeness (QED) is 0.901. The minimum Gasteiger partial charge on any atom is -0.493 e. The molecule has 0 aromatic heterocycles. The Morgan fingerprint density at radius 3 is 2.50 bits per heavy atom. The number of piperazine rings is 1. The van der Waals surface area contributed by atoms with Crippen LogP contribution in [0.2, 0.25) is 5.02 Å². The summed E-state index contributed by atoms with van der Waals surface area (Å²) in [6.45, 7) is 4.87. The second kappa shape index (κ2) is 7.11. The summed E-state index contributed by atoms with van der Waals surface area (Å²) in [7, 11) is 2.85. The van der Waals surface area contributed by atoms with Gasteiger partial charge in [0.15, 0.2) is 11.5 Å². The molecule has 0 bridgehead atoms. The topological polar surface area (TPSA) is 33.7 Å². The average molecular weight is 303 g/mol. The molecule has 1 aromatic rings. The standard InChI is InChI=1S/C14H20ClFN2O2/c1-19-13-10(3-6-18-7-4-17-5-8-18)9-11(15)14(20-2)12(13)16/h9,17H,3-8H2,1-2H3. The molecule has 1 N–H and O–H groups in total. The molecule has 0 saturated carbocycles. The maximum atomic E-state index is 14.2. The van der Waals surface area contributed by atoms with Crippen molar-refractivity contribution in [3.05, 3.63) is 22.5 Å². The molecule has 2 rings (SSSR count). The van der Waals surface area contributed by atoms with Gasteiger partial charge in [0.1, 0.15) is 0 Å². The first-order chi connectivity index (χ1) is 9.67. The molecule has 0 atom stereocenters. The van der Waals surface area contributed by atoms with Gasteiger partial charge >= 0.3 is 0 Å². The monoisotopic (exact) mass is 302 g/mol. The number of halogens is 2. The van der Waals surface area contributed by atoms with E-state index in [1.54, 1.807) is 6.07 Å². The average Bonchev–Trinajstić information content (AvgIpc) is 2.46. The zero-order valence-electron chi connectivity index (χ0n) is 11.8. The van der Waals surface area contributed by atoms with E-state index < -0.39 is 5.82 Å². The van der Waals surface area contributed by atoms with Gasteiger partial charge in [-0.3, -0.25) is 0 Å². The molecule has 4 nitrogen and oxygen atoms in total. The molecule has 1 aromatic carbocycles. The van der Waals surface area contributed by atoms with E-state index in [-0.39, 0.29) is 16.5 Å². The van der Waals surface area contributed by atoms with Crippen molar-refractivity contribution >= 4 is 11.6 Å². The first-order valence-electron chi connectivity index (χ1n) is 6.69. The van der Waals surface area contributed by atoms with Crippen LogP contribution in [0.25, 0.3) is 0 Å². The number of ether oxygens (including phenoxy) is 2. The van der Waals surface area contributed by atoms with Gasteiger partial charge in [-0.25, -0.2) is 0 Å². The normalized spacial score (nSPS) is 16.2. The lowest BCUT2D eigenvalue weighted by atomic mass is 10.1. The molecule has 1 fully saturated rings. The molecule has 1 heterocycles. The number of hydrogen-bond acceptors (Lipinski definition) is 4. The van der Waals surface area contributed by atoms with Crippen molar-refractivity contribution in [3.63, 3.8) is 0 Å². The maximum absolute atomic E-state index is 14.2. The van der Waals surface area contributed by atoms with Crippen LogP contribution in [-0.4, -0.2) is 51.8 Å². The Kier molecular flexibility index (Phi) is 5.46. The lowest BCUT2D eigenvalue weighted by Crippen LogP contribution is -2.44. The van der Waals surface area contributed by atoms with Gasteiger partial charge in [-0.1, -0.05) is 11.6 Å².